The summed E-state index contributed by atoms with van der Waals surface area (Å²) in [6.45, 7) is 5.70. The summed E-state index contributed by atoms with van der Waals surface area (Å²) in [5.41, 5.74) is 2.35. The van der Waals surface area contributed by atoms with Gasteiger partial charge in [0.05, 0.1) is 18.1 Å². The highest BCUT2D eigenvalue weighted by Crippen LogP contribution is 2.44. The molecule has 6 atom stereocenters. The van der Waals surface area contributed by atoms with Gasteiger partial charge in [0.1, 0.15) is 6.10 Å². The third-order valence-electron chi connectivity index (χ3n) is 8.46. The summed E-state index contributed by atoms with van der Waals surface area (Å²) in [7, 11) is 0. The summed E-state index contributed by atoms with van der Waals surface area (Å²) in [6.07, 6.45) is 1.90. The molecule has 6 rings (SSSR count). The van der Waals surface area contributed by atoms with E-state index in [1.165, 1.54) is 5.56 Å². The number of likely N-dealkylation sites (tertiary alicyclic amines) is 1. The SMILES string of the molecule is CCCSc1nc(NC2CC2c2ccccc2)c2nnn(C3CC(C(=O)N4CCC(C)CC4)C(O)C3O)c2n1. The van der Waals surface area contributed by atoms with Crippen molar-refractivity contribution in [1.29, 1.82) is 0 Å². The number of aliphatic hydroxyl groups excluding tert-OH is 2. The van der Waals surface area contributed by atoms with Gasteiger partial charge in [0.2, 0.25) is 5.91 Å². The Bertz CT molecular complexity index is 1310. The van der Waals surface area contributed by atoms with E-state index in [0.717, 1.165) is 31.4 Å². The van der Waals surface area contributed by atoms with Crippen LogP contribution in [0.15, 0.2) is 35.5 Å². The smallest absolute Gasteiger partial charge is 0.228 e. The Labute approximate surface area is 232 Å². The van der Waals surface area contributed by atoms with Crippen LogP contribution < -0.4 is 5.32 Å². The van der Waals surface area contributed by atoms with E-state index >= 15 is 0 Å². The fraction of sp³-hybridized carbons (Fsp3) is 0.607. The standard InChI is InChI=1S/C28H37N7O3S/c1-3-13-39-28-30-25(29-20-14-18(20)17-7-5-4-6-8-17)22-26(31-28)35(33-32-22)21-15-19(23(36)24(21)37)27(38)34-11-9-16(2)10-12-34/h4-8,16,18-21,23-24,36-37H,3,9-15H2,1-2H3,(H,29,30,31). The normalized spacial score (nSPS) is 29.2. The summed E-state index contributed by atoms with van der Waals surface area (Å²) >= 11 is 1.57. The molecule has 1 aliphatic heterocycles. The number of hydrogen-bond donors (Lipinski definition) is 3. The Balaban J connectivity index is 1.26. The van der Waals surface area contributed by atoms with Crippen LogP contribution in [0.4, 0.5) is 5.82 Å². The maximum Gasteiger partial charge on any atom is 0.228 e. The topological polar surface area (TPSA) is 129 Å². The molecule has 6 unspecified atom stereocenters. The molecule has 1 aromatic carbocycles. The first kappa shape index (κ1) is 26.5. The number of nitrogens with zero attached hydrogens (tertiary/aromatic N) is 6. The van der Waals surface area contributed by atoms with Crippen molar-refractivity contribution < 1.29 is 15.0 Å². The third-order valence-corrected chi connectivity index (χ3v) is 9.51. The molecule has 39 heavy (non-hydrogen) atoms. The summed E-state index contributed by atoms with van der Waals surface area (Å²) in [5.74, 6) is 1.76. The number of fused-ring (bicyclic) bond motifs is 1. The third kappa shape index (κ3) is 5.24. The molecule has 0 bridgehead atoms. The number of benzene rings is 1. The Kier molecular flexibility index (Phi) is 7.47. The average molecular weight is 552 g/mol. The quantitative estimate of drug-likeness (QED) is 0.285. The Morgan fingerprint density at radius 3 is 2.62 bits per heavy atom. The minimum absolute atomic E-state index is 0.0859. The Morgan fingerprint density at radius 1 is 1.10 bits per heavy atom. The van der Waals surface area contributed by atoms with Crippen LogP contribution in [0.1, 0.15) is 63.5 Å². The van der Waals surface area contributed by atoms with Gasteiger partial charge in [-0.15, -0.1) is 5.10 Å². The molecule has 3 aromatic rings. The van der Waals surface area contributed by atoms with Crippen molar-refractivity contribution >= 4 is 34.7 Å². The van der Waals surface area contributed by atoms with Gasteiger partial charge in [-0.2, -0.15) is 0 Å². The zero-order chi connectivity index (χ0) is 27.1. The van der Waals surface area contributed by atoms with Gasteiger partial charge in [0.25, 0.3) is 0 Å². The molecule has 2 aliphatic carbocycles. The first-order valence-corrected chi connectivity index (χ1v) is 15.1. The molecule has 2 aromatic heterocycles. The average Bonchev–Trinajstić information content (AvgIpc) is 3.50. The van der Waals surface area contributed by atoms with Crippen LogP contribution in [0.5, 0.6) is 0 Å². The fourth-order valence-corrected chi connectivity index (χ4v) is 6.64. The van der Waals surface area contributed by atoms with E-state index in [4.69, 9.17) is 9.97 Å². The minimum Gasteiger partial charge on any atom is -0.390 e. The number of hydrogen-bond acceptors (Lipinski definition) is 9. The number of nitrogens with one attached hydrogen (secondary N) is 1. The van der Waals surface area contributed by atoms with E-state index < -0.39 is 24.2 Å². The highest BCUT2D eigenvalue weighted by molar-refractivity contribution is 7.99. The molecule has 3 fully saturated rings. The minimum atomic E-state index is -1.16. The van der Waals surface area contributed by atoms with E-state index in [1.807, 2.05) is 11.0 Å². The van der Waals surface area contributed by atoms with Crippen molar-refractivity contribution in [2.24, 2.45) is 11.8 Å². The number of carbonyl (C=O) groups excluding carboxylic acids is 1. The van der Waals surface area contributed by atoms with Crippen molar-refractivity contribution in [1.82, 2.24) is 29.9 Å². The second-order valence-corrected chi connectivity index (χ2v) is 12.4. The lowest BCUT2D eigenvalue weighted by Gasteiger charge is -2.32. The van der Waals surface area contributed by atoms with Gasteiger partial charge in [0, 0.05) is 30.8 Å². The lowest BCUT2D eigenvalue weighted by molar-refractivity contribution is -0.141. The van der Waals surface area contributed by atoms with Crippen molar-refractivity contribution in [2.45, 2.75) is 81.3 Å². The maximum atomic E-state index is 13.3. The lowest BCUT2D eigenvalue weighted by atomic mass is 9.96. The molecule has 2 saturated carbocycles. The zero-order valence-corrected chi connectivity index (χ0v) is 23.3. The van der Waals surface area contributed by atoms with E-state index in [0.29, 0.717) is 47.1 Å². The molecule has 10 nitrogen and oxygen atoms in total. The maximum absolute atomic E-state index is 13.3. The molecular formula is C28H37N7O3S. The van der Waals surface area contributed by atoms with Gasteiger partial charge in [-0.25, -0.2) is 14.6 Å². The molecule has 0 radical (unpaired) electrons. The molecule has 0 spiro atoms. The first-order valence-electron chi connectivity index (χ1n) is 14.2. The summed E-state index contributed by atoms with van der Waals surface area (Å²) in [4.78, 5) is 24.7. The number of thioether (sulfide) groups is 1. The highest BCUT2D eigenvalue weighted by Gasteiger charge is 2.48. The largest absolute Gasteiger partial charge is 0.390 e. The van der Waals surface area contributed by atoms with Crippen LogP contribution in [0, 0.1) is 11.8 Å². The molecule has 1 saturated heterocycles. The molecule has 3 N–H and O–H groups in total. The number of amides is 1. The van der Waals surface area contributed by atoms with Gasteiger partial charge in [0.15, 0.2) is 22.1 Å². The van der Waals surface area contributed by atoms with Gasteiger partial charge in [-0.3, -0.25) is 4.79 Å². The molecule has 208 valence electrons. The van der Waals surface area contributed by atoms with Crippen molar-refractivity contribution in [3.8, 4) is 0 Å². The second-order valence-electron chi connectivity index (χ2n) is 11.3. The number of aliphatic hydroxyl groups is 2. The molecule has 3 heterocycles. The number of piperidine rings is 1. The molecule has 1 amide bonds. The number of carbonyl (C=O) groups is 1. The predicted octanol–water partition coefficient (Wildman–Crippen LogP) is 3.23. The molecule has 11 heteroatoms. The second kappa shape index (κ2) is 11.0. The number of aromatic nitrogens is 5. The summed E-state index contributed by atoms with van der Waals surface area (Å²) in [6, 6.07) is 10.1. The van der Waals surface area contributed by atoms with Crippen LogP contribution in [-0.4, -0.2) is 83.1 Å². The van der Waals surface area contributed by atoms with Gasteiger partial charge in [-0.1, -0.05) is 61.2 Å². The first-order chi connectivity index (χ1) is 18.9. The van der Waals surface area contributed by atoms with Gasteiger partial charge < -0.3 is 20.4 Å². The van der Waals surface area contributed by atoms with Gasteiger partial charge >= 0.3 is 0 Å². The fourth-order valence-electron chi connectivity index (χ4n) is 5.95. The summed E-state index contributed by atoms with van der Waals surface area (Å²) in [5, 5.41) is 35.0. The predicted molar refractivity (Wildman–Crippen MR) is 149 cm³/mol. The monoisotopic (exact) mass is 551 g/mol. The van der Waals surface area contributed by atoms with E-state index in [1.54, 1.807) is 16.4 Å². The highest BCUT2D eigenvalue weighted by atomic mass is 32.2. The van der Waals surface area contributed by atoms with E-state index in [-0.39, 0.29) is 18.4 Å². The molecule has 3 aliphatic rings. The number of rotatable bonds is 8. The molecular weight excluding hydrogens is 514 g/mol. The van der Waals surface area contributed by atoms with Crippen LogP contribution in [0.3, 0.4) is 0 Å². The summed E-state index contributed by atoms with van der Waals surface area (Å²) < 4.78 is 1.60. The van der Waals surface area contributed by atoms with Crippen LogP contribution >= 0.6 is 11.8 Å². The van der Waals surface area contributed by atoms with E-state index in [2.05, 4.69) is 53.7 Å². The van der Waals surface area contributed by atoms with Crippen molar-refractivity contribution in [3.05, 3.63) is 35.9 Å². The number of anilines is 1. The van der Waals surface area contributed by atoms with Crippen LogP contribution in [0.2, 0.25) is 0 Å². The van der Waals surface area contributed by atoms with Crippen molar-refractivity contribution in [3.63, 3.8) is 0 Å². The van der Waals surface area contributed by atoms with Gasteiger partial charge in [-0.05, 0) is 43.6 Å². The van der Waals surface area contributed by atoms with Crippen LogP contribution in [0.25, 0.3) is 11.2 Å². The van der Waals surface area contributed by atoms with E-state index in [9.17, 15) is 15.0 Å². The Morgan fingerprint density at radius 2 is 1.87 bits per heavy atom. The lowest BCUT2D eigenvalue weighted by Crippen LogP contribution is -2.44. The zero-order valence-electron chi connectivity index (χ0n) is 22.5. The van der Waals surface area contributed by atoms with Crippen molar-refractivity contribution in [2.75, 3.05) is 24.2 Å². The van der Waals surface area contributed by atoms with Crippen LogP contribution in [-0.2, 0) is 4.79 Å². The Hall–Kier alpha value is -2.76.